The lowest BCUT2D eigenvalue weighted by Crippen LogP contribution is -2.40. The lowest BCUT2D eigenvalue weighted by molar-refractivity contribution is -0.128. The van der Waals surface area contributed by atoms with Crippen molar-refractivity contribution in [2.45, 2.75) is 38.0 Å². The van der Waals surface area contributed by atoms with E-state index in [1.807, 2.05) is 41.4 Å². The molecule has 31 heavy (non-hydrogen) atoms. The lowest BCUT2D eigenvalue weighted by atomic mass is 9.89. The van der Waals surface area contributed by atoms with Crippen molar-refractivity contribution >= 4 is 5.91 Å². The van der Waals surface area contributed by atoms with Crippen molar-refractivity contribution in [2.75, 3.05) is 13.1 Å². The lowest BCUT2D eigenvalue weighted by Gasteiger charge is -2.33. The summed E-state index contributed by atoms with van der Waals surface area (Å²) in [5.41, 5.74) is 5.14. The number of hydrogen-bond acceptors (Lipinski definition) is 4. The molecule has 2 aromatic heterocycles. The molecule has 3 heterocycles. The first-order valence-electron chi connectivity index (χ1n) is 11.1. The van der Waals surface area contributed by atoms with Gasteiger partial charge in [0.25, 0.3) is 0 Å². The first kappa shape index (κ1) is 19.6. The Morgan fingerprint density at radius 3 is 2.61 bits per heavy atom. The topological polar surface area (TPSA) is 59.0 Å². The van der Waals surface area contributed by atoms with Gasteiger partial charge >= 0.3 is 0 Å². The maximum absolute atomic E-state index is 13.0. The van der Waals surface area contributed by atoms with Gasteiger partial charge in [0.15, 0.2) is 5.82 Å². The number of rotatable bonds is 4. The number of pyridine rings is 1. The molecular weight excluding hydrogens is 384 g/mol. The van der Waals surface area contributed by atoms with Gasteiger partial charge in [-0.3, -0.25) is 9.78 Å². The van der Waals surface area contributed by atoms with E-state index in [4.69, 9.17) is 4.98 Å². The van der Waals surface area contributed by atoms with Crippen LogP contribution in [0.25, 0.3) is 22.5 Å². The van der Waals surface area contributed by atoms with Crippen LogP contribution in [-0.4, -0.2) is 38.8 Å². The molecular formula is C26H26N4O. The predicted molar refractivity (Wildman–Crippen MR) is 121 cm³/mol. The number of aromatic nitrogens is 3. The number of nitrogens with zero attached hydrogens (tertiary/aromatic N) is 4. The van der Waals surface area contributed by atoms with Crippen molar-refractivity contribution in [3.8, 4) is 22.5 Å². The minimum Gasteiger partial charge on any atom is -0.338 e. The Kier molecular flexibility index (Phi) is 5.57. The summed E-state index contributed by atoms with van der Waals surface area (Å²) in [6, 6.07) is 14.2. The number of likely N-dealkylation sites (tertiary alicyclic amines) is 1. The van der Waals surface area contributed by atoms with Gasteiger partial charge in [-0.05, 0) is 49.8 Å². The Balaban J connectivity index is 1.51. The summed E-state index contributed by atoms with van der Waals surface area (Å²) in [4.78, 5) is 28.9. The predicted octanol–water partition coefficient (Wildman–Crippen LogP) is 5.02. The molecule has 0 spiro atoms. The summed E-state index contributed by atoms with van der Waals surface area (Å²) in [7, 11) is 0. The van der Waals surface area contributed by atoms with E-state index in [1.165, 1.54) is 0 Å². The molecule has 3 aromatic rings. The van der Waals surface area contributed by atoms with Gasteiger partial charge in [-0.15, -0.1) is 0 Å². The maximum atomic E-state index is 13.0. The Labute approximate surface area is 182 Å². The van der Waals surface area contributed by atoms with Gasteiger partial charge in [0, 0.05) is 54.3 Å². The van der Waals surface area contributed by atoms with Gasteiger partial charge in [-0.1, -0.05) is 36.4 Å². The number of carbonyl (C=O) groups excluding carboxylic acids is 1. The molecule has 5 nitrogen and oxygen atoms in total. The van der Waals surface area contributed by atoms with Crippen molar-refractivity contribution in [3.63, 3.8) is 0 Å². The molecule has 1 unspecified atom stereocenters. The van der Waals surface area contributed by atoms with Crippen LogP contribution in [0.4, 0.5) is 0 Å². The molecule has 0 N–H and O–H groups in total. The fraction of sp³-hybridized carbons (Fsp3) is 0.308. The van der Waals surface area contributed by atoms with Crippen LogP contribution in [0.5, 0.6) is 0 Å². The van der Waals surface area contributed by atoms with Crippen LogP contribution >= 0.6 is 0 Å². The van der Waals surface area contributed by atoms with Crippen molar-refractivity contribution in [3.05, 3.63) is 78.4 Å². The largest absolute Gasteiger partial charge is 0.338 e. The Morgan fingerprint density at radius 2 is 1.84 bits per heavy atom. The van der Waals surface area contributed by atoms with E-state index in [9.17, 15) is 4.79 Å². The summed E-state index contributed by atoms with van der Waals surface area (Å²) < 4.78 is 0. The zero-order chi connectivity index (χ0) is 21.0. The zero-order valence-electron chi connectivity index (χ0n) is 17.6. The molecule has 2 aliphatic rings. The molecule has 156 valence electrons. The quantitative estimate of drug-likeness (QED) is 0.606. The first-order valence-corrected chi connectivity index (χ1v) is 11.1. The van der Waals surface area contributed by atoms with Crippen molar-refractivity contribution in [1.29, 1.82) is 0 Å². The number of hydrogen-bond donors (Lipinski definition) is 0. The van der Waals surface area contributed by atoms with Crippen LogP contribution in [-0.2, 0) is 4.79 Å². The highest BCUT2D eigenvalue weighted by Crippen LogP contribution is 2.35. The molecule has 0 bridgehead atoms. The van der Waals surface area contributed by atoms with Gasteiger partial charge in [0.05, 0.1) is 5.69 Å². The Hall–Kier alpha value is -3.34. The molecule has 1 aliphatic carbocycles. The van der Waals surface area contributed by atoms with Gasteiger partial charge in [0.2, 0.25) is 5.91 Å². The smallest absolute Gasteiger partial charge is 0.249 e. The SMILES string of the molecule is O=C(C1=CCCC1)N1CCCC(c2nc(-c3ccncc3)ncc2-c2ccccc2)C1. The molecule has 1 amide bonds. The average molecular weight is 411 g/mol. The highest BCUT2D eigenvalue weighted by Gasteiger charge is 2.30. The highest BCUT2D eigenvalue weighted by molar-refractivity contribution is 5.94. The molecule has 1 atom stereocenters. The van der Waals surface area contributed by atoms with Gasteiger partial charge in [-0.25, -0.2) is 9.97 Å². The van der Waals surface area contributed by atoms with Crippen LogP contribution in [0.15, 0.2) is 72.7 Å². The van der Waals surface area contributed by atoms with Crippen molar-refractivity contribution in [1.82, 2.24) is 19.9 Å². The fourth-order valence-electron chi connectivity index (χ4n) is 4.64. The molecule has 0 saturated carbocycles. The van der Waals surface area contributed by atoms with E-state index in [0.717, 1.165) is 66.6 Å². The molecule has 1 saturated heterocycles. The van der Waals surface area contributed by atoms with E-state index in [1.54, 1.807) is 12.4 Å². The third-order valence-corrected chi connectivity index (χ3v) is 6.25. The molecule has 1 aromatic carbocycles. The Morgan fingerprint density at radius 1 is 1.00 bits per heavy atom. The first-order chi connectivity index (χ1) is 15.3. The van der Waals surface area contributed by atoms with Gasteiger partial charge < -0.3 is 4.90 Å². The second kappa shape index (κ2) is 8.80. The average Bonchev–Trinajstić information content (AvgIpc) is 3.39. The monoisotopic (exact) mass is 410 g/mol. The molecule has 0 radical (unpaired) electrons. The number of benzene rings is 1. The van der Waals surface area contributed by atoms with Crippen LogP contribution in [0.3, 0.4) is 0 Å². The normalized spacial score (nSPS) is 18.6. The maximum Gasteiger partial charge on any atom is 0.249 e. The summed E-state index contributed by atoms with van der Waals surface area (Å²) in [5, 5.41) is 0. The molecule has 1 aliphatic heterocycles. The summed E-state index contributed by atoms with van der Waals surface area (Å²) in [6.07, 6.45) is 12.6. The number of amides is 1. The molecule has 5 rings (SSSR count). The van der Waals surface area contributed by atoms with Crippen LogP contribution in [0, 0.1) is 0 Å². The van der Waals surface area contributed by atoms with Gasteiger partial charge in [-0.2, -0.15) is 0 Å². The van der Waals surface area contributed by atoms with Crippen LogP contribution < -0.4 is 0 Å². The number of carbonyl (C=O) groups is 1. The van der Waals surface area contributed by atoms with Crippen LogP contribution in [0.2, 0.25) is 0 Å². The third kappa shape index (κ3) is 4.13. The van der Waals surface area contributed by atoms with Crippen LogP contribution in [0.1, 0.15) is 43.7 Å². The highest BCUT2D eigenvalue weighted by atomic mass is 16.2. The molecule has 1 fully saturated rings. The second-order valence-corrected chi connectivity index (χ2v) is 8.31. The van der Waals surface area contributed by atoms with Crippen molar-refractivity contribution < 1.29 is 4.79 Å². The van der Waals surface area contributed by atoms with E-state index in [0.29, 0.717) is 12.4 Å². The van der Waals surface area contributed by atoms with E-state index < -0.39 is 0 Å². The minimum absolute atomic E-state index is 0.193. The summed E-state index contributed by atoms with van der Waals surface area (Å²) >= 11 is 0. The Bertz CT molecular complexity index is 1090. The number of piperidine rings is 1. The standard InChI is InChI=1S/C26H26N4O/c31-26(21-9-4-5-10-21)30-16-6-11-22(18-30)24-23(19-7-2-1-3-8-19)17-28-25(29-24)20-12-14-27-15-13-20/h1-3,7-9,12-15,17,22H,4-6,10-11,16,18H2. The molecule has 5 heteroatoms. The number of allylic oxidation sites excluding steroid dienone is 1. The summed E-state index contributed by atoms with van der Waals surface area (Å²) in [5.74, 6) is 1.12. The van der Waals surface area contributed by atoms with Gasteiger partial charge in [0.1, 0.15) is 0 Å². The van der Waals surface area contributed by atoms with E-state index in [-0.39, 0.29) is 11.8 Å². The zero-order valence-corrected chi connectivity index (χ0v) is 17.6. The second-order valence-electron chi connectivity index (χ2n) is 8.31. The minimum atomic E-state index is 0.193. The third-order valence-electron chi connectivity index (χ3n) is 6.25. The fourth-order valence-corrected chi connectivity index (χ4v) is 4.64. The summed E-state index contributed by atoms with van der Waals surface area (Å²) in [6.45, 7) is 1.54. The van der Waals surface area contributed by atoms with E-state index >= 15 is 0 Å². The van der Waals surface area contributed by atoms with E-state index in [2.05, 4.69) is 28.2 Å². The van der Waals surface area contributed by atoms with Crippen molar-refractivity contribution in [2.24, 2.45) is 0 Å².